The molecule has 2 N–H and O–H groups in total. The summed E-state index contributed by atoms with van der Waals surface area (Å²) >= 11 is 0. The lowest BCUT2D eigenvalue weighted by Crippen LogP contribution is -2.37. The maximum atomic E-state index is 12.3. The minimum absolute atomic E-state index is 0.0420. The largest absolute Gasteiger partial charge is 0.493 e. The fraction of sp³-hybridized carbons (Fsp3) is 0.469. The van der Waals surface area contributed by atoms with E-state index in [9.17, 15) is 4.79 Å². The number of nitrogens with zero attached hydrogens (tertiary/aromatic N) is 3. The summed E-state index contributed by atoms with van der Waals surface area (Å²) in [4.78, 5) is 23.6. The number of nitrogens with one attached hydrogen (secondary N) is 2. The van der Waals surface area contributed by atoms with Crippen LogP contribution in [0.2, 0.25) is 0 Å². The number of aromatic nitrogens is 2. The Kier molecular flexibility index (Phi) is 10.4. The van der Waals surface area contributed by atoms with Gasteiger partial charge >= 0.3 is 0 Å². The summed E-state index contributed by atoms with van der Waals surface area (Å²) in [5.74, 6) is 2.57. The topological polar surface area (TPSA) is 97.8 Å². The molecule has 9 heteroatoms. The van der Waals surface area contributed by atoms with E-state index in [2.05, 4.69) is 25.5 Å². The molecule has 0 unspecified atom stereocenters. The summed E-state index contributed by atoms with van der Waals surface area (Å²) in [6.07, 6.45) is 12.2. The highest BCUT2D eigenvalue weighted by molar-refractivity contribution is 5.93. The molecule has 0 spiro atoms. The van der Waals surface area contributed by atoms with Gasteiger partial charge in [0.2, 0.25) is 5.91 Å². The van der Waals surface area contributed by atoms with Crippen LogP contribution in [0.25, 0.3) is 17.0 Å². The van der Waals surface area contributed by atoms with Crippen LogP contribution in [0, 0.1) is 5.92 Å². The molecule has 1 aromatic heterocycles. The van der Waals surface area contributed by atoms with Gasteiger partial charge in [-0.25, -0.2) is 9.97 Å². The molecule has 2 heterocycles. The average Bonchev–Trinajstić information content (AvgIpc) is 3.02. The predicted octanol–water partition coefficient (Wildman–Crippen LogP) is 5.19. The molecular weight excluding hydrogens is 518 g/mol. The highest BCUT2D eigenvalue weighted by Gasteiger charge is 2.15. The van der Waals surface area contributed by atoms with Crippen molar-refractivity contribution >= 4 is 34.4 Å². The molecule has 1 saturated heterocycles. The van der Waals surface area contributed by atoms with Crippen LogP contribution in [-0.2, 0) is 9.53 Å². The highest BCUT2D eigenvalue weighted by Crippen LogP contribution is 2.35. The van der Waals surface area contributed by atoms with Crippen molar-refractivity contribution in [3.05, 3.63) is 54.4 Å². The number of carbonyl (C=O) groups is 1. The Labute approximate surface area is 242 Å². The van der Waals surface area contributed by atoms with Crippen molar-refractivity contribution in [1.82, 2.24) is 20.2 Å². The predicted molar refractivity (Wildman–Crippen MR) is 162 cm³/mol. The fourth-order valence-electron chi connectivity index (χ4n) is 5.41. The second-order valence-electron chi connectivity index (χ2n) is 10.7. The average molecular weight is 560 g/mol. The SMILES string of the molecule is COc1cc2c(Nc3ccc(/C=C/C(=O)NCC4CCCCC4)cc3)ncnc2cc1OCCCN1CCOCC1. The number of ether oxygens (including phenoxy) is 3. The maximum Gasteiger partial charge on any atom is 0.244 e. The lowest BCUT2D eigenvalue weighted by molar-refractivity contribution is -0.116. The zero-order valence-electron chi connectivity index (χ0n) is 23.9. The van der Waals surface area contributed by atoms with Gasteiger partial charge in [0.05, 0.1) is 32.4 Å². The smallest absolute Gasteiger partial charge is 0.244 e. The minimum atomic E-state index is -0.0420. The van der Waals surface area contributed by atoms with Crippen molar-refractivity contribution in [3.63, 3.8) is 0 Å². The fourth-order valence-corrected chi connectivity index (χ4v) is 5.41. The monoisotopic (exact) mass is 559 g/mol. The van der Waals surface area contributed by atoms with Crippen molar-refractivity contribution < 1.29 is 19.0 Å². The molecule has 1 aliphatic heterocycles. The molecule has 1 saturated carbocycles. The molecule has 0 radical (unpaired) electrons. The van der Waals surface area contributed by atoms with E-state index in [1.807, 2.05) is 42.5 Å². The molecular formula is C32H41N5O4. The first-order valence-corrected chi connectivity index (χ1v) is 14.8. The first-order valence-electron chi connectivity index (χ1n) is 14.8. The number of fused-ring (bicyclic) bond motifs is 1. The van der Waals surface area contributed by atoms with Gasteiger partial charge in [-0.1, -0.05) is 31.4 Å². The number of amides is 1. The zero-order valence-corrected chi connectivity index (χ0v) is 23.9. The summed E-state index contributed by atoms with van der Waals surface area (Å²) in [5.41, 5.74) is 2.60. The first-order chi connectivity index (χ1) is 20.2. The number of methoxy groups -OCH3 is 1. The van der Waals surface area contributed by atoms with Gasteiger partial charge in [-0.15, -0.1) is 0 Å². The van der Waals surface area contributed by atoms with Gasteiger partial charge in [-0.2, -0.15) is 0 Å². The number of carbonyl (C=O) groups excluding carboxylic acids is 1. The Bertz CT molecular complexity index is 1300. The van der Waals surface area contributed by atoms with Gasteiger partial charge in [-0.05, 0) is 55.0 Å². The van der Waals surface area contributed by atoms with Crippen LogP contribution < -0.4 is 20.1 Å². The van der Waals surface area contributed by atoms with Gasteiger partial charge in [-0.3, -0.25) is 9.69 Å². The number of morpholine rings is 1. The van der Waals surface area contributed by atoms with Crippen molar-refractivity contribution in [2.24, 2.45) is 5.92 Å². The summed E-state index contributed by atoms with van der Waals surface area (Å²) in [6.45, 7) is 5.90. The van der Waals surface area contributed by atoms with Crippen molar-refractivity contribution in [2.45, 2.75) is 38.5 Å². The van der Waals surface area contributed by atoms with Crippen LogP contribution in [0.5, 0.6) is 11.5 Å². The van der Waals surface area contributed by atoms with Crippen LogP contribution >= 0.6 is 0 Å². The van der Waals surface area contributed by atoms with Crippen molar-refractivity contribution in [1.29, 1.82) is 0 Å². The van der Waals surface area contributed by atoms with E-state index in [1.165, 1.54) is 32.1 Å². The highest BCUT2D eigenvalue weighted by atomic mass is 16.5. The number of hydrogen-bond donors (Lipinski definition) is 2. The van der Waals surface area contributed by atoms with Gasteiger partial charge in [0.25, 0.3) is 0 Å². The Morgan fingerprint density at radius 3 is 2.66 bits per heavy atom. The summed E-state index contributed by atoms with van der Waals surface area (Å²) in [6, 6.07) is 11.7. The van der Waals surface area contributed by atoms with E-state index >= 15 is 0 Å². The molecule has 0 bridgehead atoms. The molecule has 41 heavy (non-hydrogen) atoms. The molecule has 1 amide bonds. The molecule has 2 fully saturated rings. The van der Waals surface area contributed by atoms with E-state index in [-0.39, 0.29) is 5.91 Å². The van der Waals surface area contributed by atoms with E-state index in [4.69, 9.17) is 14.2 Å². The molecule has 2 aromatic carbocycles. The molecule has 2 aliphatic rings. The molecule has 0 atom stereocenters. The van der Waals surface area contributed by atoms with Crippen LogP contribution in [0.15, 0.2) is 48.8 Å². The Balaban J connectivity index is 1.17. The quantitative estimate of drug-likeness (QED) is 0.231. The molecule has 9 nitrogen and oxygen atoms in total. The molecule has 218 valence electrons. The molecule has 3 aromatic rings. The third-order valence-corrected chi connectivity index (χ3v) is 7.79. The summed E-state index contributed by atoms with van der Waals surface area (Å²) < 4.78 is 17.1. The lowest BCUT2D eigenvalue weighted by atomic mass is 9.89. The van der Waals surface area contributed by atoms with Gasteiger partial charge in [0.15, 0.2) is 11.5 Å². The van der Waals surface area contributed by atoms with E-state index in [0.29, 0.717) is 29.8 Å². The van der Waals surface area contributed by atoms with Gasteiger partial charge < -0.3 is 24.8 Å². The van der Waals surface area contributed by atoms with Crippen molar-refractivity contribution in [3.8, 4) is 11.5 Å². The summed E-state index contributed by atoms with van der Waals surface area (Å²) in [7, 11) is 1.64. The van der Waals surface area contributed by atoms with Gasteiger partial charge in [0, 0.05) is 49.4 Å². The van der Waals surface area contributed by atoms with Crippen LogP contribution in [-0.4, -0.2) is 73.9 Å². The lowest BCUT2D eigenvalue weighted by Gasteiger charge is -2.26. The molecule has 5 rings (SSSR count). The third kappa shape index (κ3) is 8.41. The normalized spacial score (nSPS) is 16.6. The van der Waals surface area contributed by atoms with E-state index in [1.54, 1.807) is 19.5 Å². The second kappa shape index (κ2) is 14.8. The van der Waals surface area contributed by atoms with Crippen molar-refractivity contribution in [2.75, 3.05) is 58.4 Å². The zero-order chi connectivity index (χ0) is 28.3. The van der Waals surface area contributed by atoms with E-state index in [0.717, 1.165) is 68.0 Å². The minimum Gasteiger partial charge on any atom is -0.493 e. The second-order valence-corrected chi connectivity index (χ2v) is 10.7. The number of anilines is 2. The number of benzene rings is 2. The Morgan fingerprint density at radius 2 is 1.88 bits per heavy atom. The summed E-state index contributed by atoms with van der Waals surface area (Å²) in [5, 5.41) is 7.27. The van der Waals surface area contributed by atoms with Crippen LogP contribution in [0.3, 0.4) is 0 Å². The maximum absolute atomic E-state index is 12.3. The van der Waals surface area contributed by atoms with Crippen LogP contribution in [0.4, 0.5) is 11.5 Å². The molecule has 1 aliphatic carbocycles. The van der Waals surface area contributed by atoms with Crippen LogP contribution in [0.1, 0.15) is 44.1 Å². The number of hydrogen-bond acceptors (Lipinski definition) is 8. The van der Waals surface area contributed by atoms with Gasteiger partial charge in [0.1, 0.15) is 12.1 Å². The standard InChI is InChI=1S/C32H41N5O4/c1-39-29-20-27-28(21-30(29)41-17-5-14-37-15-18-40-19-16-37)34-23-35-32(27)36-26-11-8-24(9-12-26)10-13-31(38)33-22-25-6-3-2-4-7-25/h8-13,20-21,23,25H,2-7,14-19,22H2,1H3,(H,33,38)(H,34,35,36)/b13-10+. The number of rotatable bonds is 12. The third-order valence-electron chi connectivity index (χ3n) is 7.79. The Morgan fingerprint density at radius 1 is 1.07 bits per heavy atom. The Hall–Kier alpha value is -3.69. The van der Waals surface area contributed by atoms with E-state index < -0.39 is 0 Å². The first kappa shape index (κ1) is 28.8.